The lowest BCUT2D eigenvalue weighted by atomic mass is 10.1. The summed E-state index contributed by atoms with van der Waals surface area (Å²) in [5.41, 5.74) is 7.44. The molecule has 0 radical (unpaired) electrons. The molecule has 7 nitrogen and oxygen atoms in total. The fourth-order valence-corrected chi connectivity index (χ4v) is 2.27. The molecule has 27 heavy (non-hydrogen) atoms. The molecule has 0 heterocycles. The summed E-state index contributed by atoms with van der Waals surface area (Å²) in [6, 6.07) is 14.0. The van der Waals surface area contributed by atoms with Gasteiger partial charge in [-0.15, -0.1) is 12.4 Å². The highest BCUT2D eigenvalue weighted by atomic mass is 35.5. The van der Waals surface area contributed by atoms with Crippen molar-refractivity contribution in [2.45, 2.75) is 6.04 Å². The molecule has 0 aliphatic carbocycles. The number of hydrogen-bond acceptors (Lipinski definition) is 5. The van der Waals surface area contributed by atoms with E-state index in [-0.39, 0.29) is 36.9 Å². The summed E-state index contributed by atoms with van der Waals surface area (Å²) in [7, 11) is 2.99. The Labute approximate surface area is 164 Å². The molecule has 2 rings (SSSR count). The maximum absolute atomic E-state index is 12.3. The second-order valence-corrected chi connectivity index (χ2v) is 5.55. The highest BCUT2D eigenvalue weighted by Crippen LogP contribution is 2.28. The van der Waals surface area contributed by atoms with Crippen molar-refractivity contribution in [3.05, 3.63) is 59.7 Å². The predicted octanol–water partition coefficient (Wildman–Crippen LogP) is 1.67. The minimum atomic E-state index is -0.294. The molecule has 1 unspecified atom stereocenters. The summed E-state index contributed by atoms with van der Waals surface area (Å²) >= 11 is 0. The van der Waals surface area contributed by atoms with E-state index in [0.717, 1.165) is 5.56 Å². The number of amides is 2. The zero-order chi connectivity index (χ0) is 18.9. The summed E-state index contributed by atoms with van der Waals surface area (Å²) in [6.45, 7) is 0.171. The molecule has 0 bridgehead atoms. The second-order valence-electron chi connectivity index (χ2n) is 5.55. The first kappa shape index (κ1) is 22.3. The van der Waals surface area contributed by atoms with Crippen LogP contribution in [0, 0.1) is 0 Å². The van der Waals surface area contributed by atoms with Gasteiger partial charge in [-0.1, -0.05) is 30.3 Å². The Bertz CT molecular complexity index is 756. The maximum atomic E-state index is 12.3. The lowest BCUT2D eigenvalue weighted by Gasteiger charge is -2.14. The van der Waals surface area contributed by atoms with Gasteiger partial charge in [0.05, 0.1) is 7.11 Å². The van der Waals surface area contributed by atoms with Gasteiger partial charge in [-0.05, 0) is 23.8 Å². The molecule has 8 heteroatoms. The highest BCUT2D eigenvalue weighted by Gasteiger charge is 2.13. The van der Waals surface area contributed by atoms with E-state index in [9.17, 15) is 9.59 Å². The van der Waals surface area contributed by atoms with Crippen LogP contribution in [0.2, 0.25) is 0 Å². The third-order valence-corrected chi connectivity index (χ3v) is 3.77. The van der Waals surface area contributed by atoms with Gasteiger partial charge in [-0.25, -0.2) is 0 Å². The largest absolute Gasteiger partial charge is 0.493 e. The number of carbonyl (C=O) groups is 2. The number of hydrogen-bond donors (Lipinski definition) is 3. The molecule has 2 aromatic rings. The molecule has 0 saturated carbocycles. The molecule has 4 N–H and O–H groups in total. The fourth-order valence-electron chi connectivity index (χ4n) is 2.27. The van der Waals surface area contributed by atoms with Crippen LogP contribution in [0.4, 0.5) is 0 Å². The van der Waals surface area contributed by atoms with Crippen molar-refractivity contribution >= 4 is 24.2 Å². The van der Waals surface area contributed by atoms with Crippen molar-refractivity contribution in [1.29, 1.82) is 0 Å². The molecule has 2 amide bonds. The molecule has 0 aliphatic rings. The average molecular weight is 394 g/mol. The van der Waals surface area contributed by atoms with E-state index < -0.39 is 0 Å². The van der Waals surface area contributed by atoms with Crippen molar-refractivity contribution < 1.29 is 19.1 Å². The number of ether oxygens (including phenoxy) is 2. The van der Waals surface area contributed by atoms with E-state index in [1.807, 2.05) is 30.3 Å². The Morgan fingerprint density at radius 3 is 2.44 bits per heavy atom. The number of nitrogens with two attached hydrogens (primary N) is 1. The van der Waals surface area contributed by atoms with Crippen LogP contribution in [0.25, 0.3) is 0 Å². The molecule has 0 spiro atoms. The minimum Gasteiger partial charge on any atom is -0.493 e. The van der Waals surface area contributed by atoms with E-state index in [4.69, 9.17) is 15.2 Å². The SMILES string of the molecule is CNC(=O)COc1ccc(C(=O)NCC(N)c2ccccc2)cc1OC.Cl. The van der Waals surface area contributed by atoms with Crippen molar-refractivity contribution in [2.24, 2.45) is 5.73 Å². The number of carbonyl (C=O) groups excluding carboxylic acids is 2. The van der Waals surface area contributed by atoms with Gasteiger partial charge in [0.1, 0.15) is 0 Å². The molecule has 2 aromatic carbocycles. The predicted molar refractivity (Wildman–Crippen MR) is 106 cm³/mol. The average Bonchev–Trinajstić information content (AvgIpc) is 2.70. The van der Waals surface area contributed by atoms with E-state index in [1.54, 1.807) is 18.2 Å². The van der Waals surface area contributed by atoms with E-state index in [0.29, 0.717) is 23.6 Å². The highest BCUT2D eigenvalue weighted by molar-refractivity contribution is 5.95. The van der Waals surface area contributed by atoms with E-state index in [2.05, 4.69) is 10.6 Å². The number of methoxy groups -OCH3 is 1. The number of nitrogens with one attached hydrogen (secondary N) is 2. The van der Waals surface area contributed by atoms with Crippen LogP contribution in [0.3, 0.4) is 0 Å². The molecule has 0 aromatic heterocycles. The first-order chi connectivity index (χ1) is 12.5. The number of rotatable bonds is 8. The van der Waals surface area contributed by atoms with Gasteiger partial charge in [0.25, 0.3) is 11.8 Å². The zero-order valence-electron chi connectivity index (χ0n) is 15.2. The third-order valence-electron chi connectivity index (χ3n) is 3.77. The van der Waals surface area contributed by atoms with Crippen LogP contribution in [0.15, 0.2) is 48.5 Å². The van der Waals surface area contributed by atoms with Gasteiger partial charge in [-0.2, -0.15) is 0 Å². The summed E-state index contributed by atoms with van der Waals surface area (Å²) in [5.74, 6) is 0.221. The number of likely N-dealkylation sites (N-methyl/N-ethyl adjacent to an activating group) is 1. The molecule has 1 atom stereocenters. The van der Waals surface area contributed by atoms with Gasteiger partial charge in [-0.3, -0.25) is 9.59 Å². The van der Waals surface area contributed by atoms with Gasteiger partial charge in [0.15, 0.2) is 18.1 Å². The van der Waals surface area contributed by atoms with Crippen LogP contribution >= 0.6 is 12.4 Å². The fraction of sp³-hybridized carbons (Fsp3) is 0.263. The molecule has 0 fully saturated rings. The minimum absolute atomic E-state index is 0. The first-order valence-electron chi connectivity index (χ1n) is 8.15. The quantitative estimate of drug-likeness (QED) is 0.633. The molecular weight excluding hydrogens is 370 g/mol. The topological polar surface area (TPSA) is 103 Å². The lowest BCUT2D eigenvalue weighted by molar-refractivity contribution is -0.122. The monoisotopic (exact) mass is 393 g/mol. The summed E-state index contributed by atoms with van der Waals surface area (Å²) in [5, 5.41) is 5.27. The van der Waals surface area contributed by atoms with Crippen molar-refractivity contribution in [1.82, 2.24) is 10.6 Å². The Morgan fingerprint density at radius 2 is 1.81 bits per heavy atom. The van der Waals surface area contributed by atoms with Crippen LogP contribution in [0.5, 0.6) is 11.5 Å². The standard InChI is InChI=1S/C19H23N3O4.ClH/c1-21-18(23)12-26-16-9-8-14(10-17(16)25-2)19(24)22-11-15(20)13-6-4-3-5-7-13;/h3-10,15H,11-12,20H2,1-2H3,(H,21,23)(H,22,24);1H. The summed E-state index contributed by atoms with van der Waals surface area (Å²) < 4.78 is 10.6. The van der Waals surface area contributed by atoms with Crippen molar-refractivity contribution in [3.8, 4) is 11.5 Å². The Hall–Kier alpha value is -2.77. The van der Waals surface area contributed by atoms with Crippen LogP contribution < -0.4 is 25.8 Å². The van der Waals surface area contributed by atoms with Crippen molar-refractivity contribution in [2.75, 3.05) is 27.3 Å². The summed E-state index contributed by atoms with van der Waals surface area (Å²) in [6.07, 6.45) is 0. The van der Waals surface area contributed by atoms with Gasteiger partial charge >= 0.3 is 0 Å². The van der Waals surface area contributed by atoms with Gasteiger partial charge in [0.2, 0.25) is 0 Å². The van der Waals surface area contributed by atoms with Crippen LogP contribution in [-0.2, 0) is 4.79 Å². The molecular formula is C19H24ClN3O4. The zero-order valence-corrected chi connectivity index (χ0v) is 16.0. The third kappa shape index (κ3) is 6.47. The van der Waals surface area contributed by atoms with Gasteiger partial charge in [0, 0.05) is 25.2 Å². The van der Waals surface area contributed by atoms with E-state index in [1.165, 1.54) is 14.2 Å². The molecule has 0 aliphatic heterocycles. The van der Waals surface area contributed by atoms with Crippen molar-refractivity contribution in [3.63, 3.8) is 0 Å². The second kappa shape index (κ2) is 11.1. The van der Waals surface area contributed by atoms with Crippen LogP contribution in [0.1, 0.15) is 22.0 Å². The maximum Gasteiger partial charge on any atom is 0.257 e. The first-order valence-corrected chi connectivity index (χ1v) is 8.15. The molecule has 0 saturated heterocycles. The van der Waals surface area contributed by atoms with Crippen LogP contribution in [-0.4, -0.2) is 39.1 Å². The Morgan fingerprint density at radius 1 is 1.11 bits per heavy atom. The lowest BCUT2D eigenvalue weighted by Crippen LogP contribution is -2.31. The number of halogens is 1. The normalized spacial score (nSPS) is 10.9. The van der Waals surface area contributed by atoms with E-state index >= 15 is 0 Å². The number of benzene rings is 2. The smallest absolute Gasteiger partial charge is 0.257 e. The Balaban J connectivity index is 0.00000364. The van der Waals surface area contributed by atoms with Gasteiger partial charge < -0.3 is 25.8 Å². The summed E-state index contributed by atoms with van der Waals surface area (Å²) in [4.78, 5) is 23.6. The Kier molecular flexibility index (Phi) is 9.12. The molecule has 146 valence electrons.